The molecule has 0 radical (unpaired) electrons. The fourth-order valence-electron chi connectivity index (χ4n) is 2.97. The maximum absolute atomic E-state index is 11.6. The van der Waals surface area contributed by atoms with Crippen LogP contribution in [0.1, 0.15) is 36.0 Å². The van der Waals surface area contributed by atoms with Crippen LogP contribution in [0.5, 0.6) is 0 Å². The number of nitro groups is 1. The number of benzene rings is 1. The van der Waals surface area contributed by atoms with E-state index in [9.17, 15) is 14.9 Å². The number of carbonyl (C=O) groups excluding carboxylic acids is 1. The Morgan fingerprint density at radius 2 is 2.14 bits per heavy atom. The number of nitro benzene ring substituents is 1. The van der Waals surface area contributed by atoms with Crippen LogP contribution in [0.25, 0.3) is 0 Å². The van der Waals surface area contributed by atoms with Crippen molar-refractivity contribution in [2.75, 3.05) is 18.9 Å². The van der Waals surface area contributed by atoms with Gasteiger partial charge in [-0.3, -0.25) is 14.9 Å². The Hall–Kier alpha value is -2.15. The van der Waals surface area contributed by atoms with Gasteiger partial charge in [-0.1, -0.05) is 12.8 Å². The second-order valence-electron chi connectivity index (χ2n) is 5.60. The first-order valence-electron chi connectivity index (χ1n) is 7.54. The highest BCUT2D eigenvalue weighted by Crippen LogP contribution is 2.31. The number of anilines is 1. The van der Waals surface area contributed by atoms with Crippen molar-refractivity contribution < 1.29 is 9.72 Å². The predicted octanol–water partition coefficient (Wildman–Crippen LogP) is 1.88. The van der Waals surface area contributed by atoms with Gasteiger partial charge in [0.25, 0.3) is 11.6 Å². The average Bonchev–Trinajstić information content (AvgIpc) is 2.54. The van der Waals surface area contributed by atoms with Crippen LogP contribution in [0.15, 0.2) is 18.2 Å². The van der Waals surface area contributed by atoms with Gasteiger partial charge in [0, 0.05) is 24.7 Å². The predicted molar refractivity (Wildman–Crippen MR) is 84.9 cm³/mol. The first-order chi connectivity index (χ1) is 10.6. The minimum Gasteiger partial charge on any atom is -0.376 e. The average molecular weight is 306 g/mol. The van der Waals surface area contributed by atoms with Gasteiger partial charge < -0.3 is 16.4 Å². The van der Waals surface area contributed by atoms with Gasteiger partial charge >= 0.3 is 0 Å². The van der Waals surface area contributed by atoms with Crippen molar-refractivity contribution in [1.29, 1.82) is 0 Å². The molecule has 4 N–H and O–H groups in total. The third-order valence-corrected chi connectivity index (χ3v) is 4.24. The van der Waals surface area contributed by atoms with Crippen molar-refractivity contribution in [3.05, 3.63) is 33.9 Å². The normalized spacial score (nSPS) is 21.2. The second-order valence-corrected chi connectivity index (χ2v) is 5.60. The molecule has 1 fully saturated rings. The molecule has 7 heteroatoms. The summed E-state index contributed by atoms with van der Waals surface area (Å²) in [6, 6.07) is 4.64. The standard InChI is InChI=1S/C15H22N4O3/c1-17-15(20)10-6-7-13(14(8-10)19(21)22)18-12-5-3-2-4-11(12)9-16/h6-8,11-12,18H,2-5,9,16H2,1H3,(H,17,20). The number of nitrogens with two attached hydrogens (primary N) is 1. The Kier molecular flexibility index (Phi) is 5.32. The first kappa shape index (κ1) is 16.2. The molecule has 0 saturated heterocycles. The number of rotatable bonds is 5. The van der Waals surface area contributed by atoms with Crippen LogP contribution in [-0.2, 0) is 0 Å². The van der Waals surface area contributed by atoms with Gasteiger partial charge in [0.05, 0.1) is 4.92 Å². The zero-order valence-electron chi connectivity index (χ0n) is 12.7. The van der Waals surface area contributed by atoms with E-state index in [1.54, 1.807) is 12.1 Å². The molecule has 2 unspecified atom stereocenters. The summed E-state index contributed by atoms with van der Waals surface area (Å²) in [6.45, 7) is 0.571. The summed E-state index contributed by atoms with van der Waals surface area (Å²) in [6.07, 6.45) is 4.24. The van der Waals surface area contributed by atoms with E-state index >= 15 is 0 Å². The van der Waals surface area contributed by atoms with Crippen LogP contribution >= 0.6 is 0 Å². The van der Waals surface area contributed by atoms with E-state index in [1.807, 2.05) is 0 Å². The second kappa shape index (κ2) is 7.22. The molecule has 1 aromatic rings. The number of amides is 1. The summed E-state index contributed by atoms with van der Waals surface area (Å²) < 4.78 is 0. The Morgan fingerprint density at radius 3 is 2.77 bits per heavy atom. The third-order valence-electron chi connectivity index (χ3n) is 4.24. The van der Waals surface area contributed by atoms with E-state index in [2.05, 4.69) is 10.6 Å². The van der Waals surface area contributed by atoms with Crippen LogP contribution in [0.4, 0.5) is 11.4 Å². The van der Waals surface area contributed by atoms with Crippen LogP contribution in [0.2, 0.25) is 0 Å². The highest BCUT2D eigenvalue weighted by atomic mass is 16.6. The molecule has 1 aromatic carbocycles. The third kappa shape index (κ3) is 3.54. The summed E-state index contributed by atoms with van der Waals surface area (Å²) in [5.41, 5.74) is 6.44. The molecule has 2 atom stereocenters. The van der Waals surface area contributed by atoms with Crippen molar-refractivity contribution in [2.24, 2.45) is 11.7 Å². The maximum atomic E-state index is 11.6. The highest BCUT2D eigenvalue weighted by molar-refractivity contribution is 5.95. The van der Waals surface area contributed by atoms with Crippen LogP contribution in [-0.4, -0.2) is 30.5 Å². The lowest BCUT2D eigenvalue weighted by Gasteiger charge is -2.32. The molecule has 2 rings (SSSR count). The summed E-state index contributed by atoms with van der Waals surface area (Å²) in [4.78, 5) is 22.4. The zero-order valence-corrected chi connectivity index (χ0v) is 12.7. The Morgan fingerprint density at radius 1 is 1.41 bits per heavy atom. The van der Waals surface area contributed by atoms with Gasteiger partial charge in [-0.05, 0) is 37.4 Å². The van der Waals surface area contributed by atoms with Crippen molar-refractivity contribution in [1.82, 2.24) is 5.32 Å². The fraction of sp³-hybridized carbons (Fsp3) is 0.533. The molecule has 7 nitrogen and oxygen atoms in total. The first-order valence-corrected chi connectivity index (χ1v) is 7.54. The molecule has 0 aromatic heterocycles. The van der Waals surface area contributed by atoms with Gasteiger partial charge in [-0.25, -0.2) is 0 Å². The number of nitrogens with zero attached hydrogens (tertiary/aromatic N) is 1. The number of nitrogens with one attached hydrogen (secondary N) is 2. The van der Waals surface area contributed by atoms with Crippen molar-refractivity contribution in [2.45, 2.75) is 31.7 Å². The molecule has 22 heavy (non-hydrogen) atoms. The quantitative estimate of drug-likeness (QED) is 0.568. The summed E-state index contributed by atoms with van der Waals surface area (Å²) in [5, 5.41) is 17.0. The summed E-state index contributed by atoms with van der Waals surface area (Å²) in [5.74, 6) is -0.0147. The number of hydrogen-bond acceptors (Lipinski definition) is 5. The van der Waals surface area contributed by atoms with Crippen molar-refractivity contribution in [3.8, 4) is 0 Å². The molecule has 0 bridgehead atoms. The lowest BCUT2D eigenvalue weighted by molar-refractivity contribution is -0.384. The van der Waals surface area contributed by atoms with E-state index in [-0.39, 0.29) is 23.2 Å². The molecule has 1 amide bonds. The molecule has 1 aliphatic rings. The zero-order chi connectivity index (χ0) is 16.1. The molecule has 1 aliphatic carbocycles. The molecular formula is C15H22N4O3. The summed E-state index contributed by atoms with van der Waals surface area (Å²) in [7, 11) is 1.49. The summed E-state index contributed by atoms with van der Waals surface area (Å²) >= 11 is 0. The molecular weight excluding hydrogens is 284 g/mol. The van der Waals surface area contributed by atoms with Crippen molar-refractivity contribution in [3.63, 3.8) is 0 Å². The monoisotopic (exact) mass is 306 g/mol. The molecule has 0 aliphatic heterocycles. The van der Waals surface area contributed by atoms with Gasteiger partial charge in [-0.15, -0.1) is 0 Å². The largest absolute Gasteiger partial charge is 0.376 e. The van der Waals surface area contributed by atoms with Gasteiger partial charge in [0.15, 0.2) is 0 Å². The van der Waals surface area contributed by atoms with E-state index in [0.717, 1.165) is 25.7 Å². The van der Waals surface area contributed by atoms with Gasteiger partial charge in [0.2, 0.25) is 0 Å². The minimum atomic E-state index is -0.463. The van der Waals surface area contributed by atoms with E-state index in [1.165, 1.54) is 13.1 Å². The Labute approximate surface area is 129 Å². The molecule has 0 spiro atoms. The van der Waals surface area contributed by atoms with Crippen LogP contribution in [0.3, 0.4) is 0 Å². The number of hydrogen-bond donors (Lipinski definition) is 3. The van der Waals surface area contributed by atoms with Crippen molar-refractivity contribution >= 4 is 17.3 Å². The van der Waals surface area contributed by atoms with E-state index < -0.39 is 4.92 Å². The Balaban J connectivity index is 2.26. The fourth-order valence-corrected chi connectivity index (χ4v) is 2.97. The maximum Gasteiger partial charge on any atom is 0.293 e. The van der Waals surface area contributed by atoms with E-state index in [4.69, 9.17) is 5.73 Å². The molecule has 1 saturated carbocycles. The highest BCUT2D eigenvalue weighted by Gasteiger charge is 2.26. The van der Waals surface area contributed by atoms with E-state index in [0.29, 0.717) is 18.2 Å². The van der Waals surface area contributed by atoms with Gasteiger partial charge in [0.1, 0.15) is 5.69 Å². The van der Waals surface area contributed by atoms with Gasteiger partial charge in [-0.2, -0.15) is 0 Å². The lowest BCUT2D eigenvalue weighted by atomic mass is 9.84. The SMILES string of the molecule is CNC(=O)c1ccc(NC2CCCCC2CN)c([N+](=O)[O-])c1. The smallest absolute Gasteiger partial charge is 0.293 e. The van der Waals surface area contributed by atoms with Crippen LogP contribution < -0.4 is 16.4 Å². The lowest BCUT2D eigenvalue weighted by Crippen LogP contribution is -2.36. The number of carbonyl (C=O) groups is 1. The van der Waals surface area contributed by atoms with Crippen LogP contribution in [0, 0.1) is 16.0 Å². The Bertz CT molecular complexity index is 562. The minimum absolute atomic E-state index is 0.0811. The molecule has 120 valence electrons. The topological polar surface area (TPSA) is 110 Å². The molecule has 0 heterocycles.